The van der Waals surface area contributed by atoms with Crippen molar-refractivity contribution in [1.29, 1.82) is 0 Å². The average Bonchev–Trinajstić information content (AvgIpc) is 2.86. The largest absolute Gasteiger partial charge is 0.543 e. The minimum absolute atomic E-state index is 0.0460. The number of aromatic amines is 1. The van der Waals surface area contributed by atoms with Crippen molar-refractivity contribution >= 4 is 5.97 Å². The third-order valence-electron chi connectivity index (χ3n) is 2.42. The monoisotopic (exact) mass is 245 g/mol. The highest BCUT2D eigenvalue weighted by molar-refractivity contribution is 5.85. The molecule has 0 amide bonds. The molecule has 0 aliphatic rings. The lowest BCUT2D eigenvalue weighted by molar-refractivity contribution is -0.255. The maximum atomic E-state index is 10.7. The van der Waals surface area contributed by atoms with E-state index in [0.29, 0.717) is 18.1 Å². The molecule has 1 aromatic carbocycles. The van der Waals surface area contributed by atoms with Gasteiger partial charge in [0, 0.05) is 5.56 Å². The number of aromatic nitrogens is 2. The number of carbonyl (C=O) groups excluding carboxylic acids is 1. The third kappa shape index (κ3) is 2.51. The van der Waals surface area contributed by atoms with Gasteiger partial charge in [-0.15, -0.1) is 0 Å². The number of nitrogens with zero attached hydrogens (tertiary/aromatic N) is 1. The molecule has 94 valence electrons. The van der Waals surface area contributed by atoms with Crippen molar-refractivity contribution in [1.82, 2.24) is 10.2 Å². The number of carbonyl (C=O) groups is 1. The molecule has 1 heterocycles. The molecule has 1 N–H and O–H groups in total. The molecule has 0 aliphatic heterocycles. The second-order valence-corrected chi connectivity index (χ2v) is 3.80. The number of aromatic carboxylic acids is 1. The van der Waals surface area contributed by atoms with Crippen LogP contribution in [0.4, 0.5) is 0 Å². The minimum Gasteiger partial charge on any atom is -0.543 e. The van der Waals surface area contributed by atoms with E-state index in [9.17, 15) is 9.90 Å². The molecule has 0 saturated heterocycles. The highest BCUT2D eigenvalue weighted by atomic mass is 16.5. The summed E-state index contributed by atoms with van der Waals surface area (Å²) < 4.78 is 5.59. The summed E-state index contributed by atoms with van der Waals surface area (Å²) in [5.74, 6) is -0.587. The Morgan fingerprint density at radius 1 is 1.44 bits per heavy atom. The predicted molar refractivity (Wildman–Crippen MR) is 64.1 cm³/mol. The maximum Gasteiger partial charge on any atom is 0.128 e. The molecule has 0 aliphatic carbocycles. The van der Waals surface area contributed by atoms with E-state index in [1.54, 1.807) is 0 Å². The molecule has 0 atom stereocenters. The Kier molecular flexibility index (Phi) is 3.62. The van der Waals surface area contributed by atoms with Crippen LogP contribution in [0.25, 0.3) is 11.3 Å². The van der Waals surface area contributed by atoms with Crippen molar-refractivity contribution in [2.45, 2.75) is 13.3 Å². The van der Waals surface area contributed by atoms with E-state index in [1.807, 2.05) is 31.2 Å². The number of para-hydroxylation sites is 1. The number of hydrogen-bond acceptors (Lipinski definition) is 4. The number of nitrogens with one attached hydrogen (secondary N) is 1. The molecule has 0 fully saturated rings. The highest BCUT2D eigenvalue weighted by Crippen LogP contribution is 2.28. The average molecular weight is 245 g/mol. The molecule has 0 unspecified atom stereocenters. The molecular weight excluding hydrogens is 232 g/mol. The van der Waals surface area contributed by atoms with Crippen molar-refractivity contribution in [3.8, 4) is 17.0 Å². The summed E-state index contributed by atoms with van der Waals surface area (Å²) in [6.07, 6.45) is 0.902. The van der Waals surface area contributed by atoms with E-state index in [0.717, 1.165) is 12.0 Å². The second-order valence-electron chi connectivity index (χ2n) is 3.80. The Morgan fingerprint density at radius 2 is 2.22 bits per heavy atom. The van der Waals surface area contributed by atoms with Gasteiger partial charge in [0.2, 0.25) is 0 Å². The molecule has 1 aromatic heterocycles. The molecule has 0 bridgehead atoms. The van der Waals surface area contributed by atoms with Crippen LogP contribution in [0.3, 0.4) is 0 Å². The van der Waals surface area contributed by atoms with Gasteiger partial charge >= 0.3 is 0 Å². The molecule has 5 heteroatoms. The summed E-state index contributed by atoms with van der Waals surface area (Å²) in [4.78, 5) is 10.7. The number of carboxylic acids is 1. The Balaban J connectivity index is 2.33. The Bertz CT molecular complexity index is 549. The molecule has 2 aromatic rings. The van der Waals surface area contributed by atoms with Gasteiger partial charge in [-0.3, -0.25) is 5.10 Å². The Labute approximate surface area is 104 Å². The van der Waals surface area contributed by atoms with Gasteiger partial charge in [-0.2, -0.15) is 5.10 Å². The predicted octanol–water partition coefficient (Wildman–Crippen LogP) is 1.23. The van der Waals surface area contributed by atoms with Crippen molar-refractivity contribution in [2.75, 3.05) is 6.61 Å². The van der Waals surface area contributed by atoms with E-state index < -0.39 is 5.97 Å². The first-order chi connectivity index (χ1) is 8.72. The van der Waals surface area contributed by atoms with Crippen molar-refractivity contribution in [2.24, 2.45) is 0 Å². The summed E-state index contributed by atoms with van der Waals surface area (Å²) in [5.41, 5.74) is 1.24. The van der Waals surface area contributed by atoms with E-state index in [2.05, 4.69) is 10.2 Å². The van der Waals surface area contributed by atoms with E-state index in [-0.39, 0.29) is 5.69 Å². The Hall–Kier alpha value is -2.30. The molecule has 0 spiro atoms. The first-order valence-corrected chi connectivity index (χ1v) is 5.71. The zero-order valence-electron chi connectivity index (χ0n) is 9.97. The van der Waals surface area contributed by atoms with Gasteiger partial charge in [-0.05, 0) is 24.6 Å². The van der Waals surface area contributed by atoms with Crippen LogP contribution in [0, 0.1) is 0 Å². The molecule has 2 rings (SSSR count). The summed E-state index contributed by atoms with van der Waals surface area (Å²) in [7, 11) is 0. The third-order valence-corrected chi connectivity index (χ3v) is 2.42. The van der Waals surface area contributed by atoms with E-state index in [1.165, 1.54) is 6.07 Å². The van der Waals surface area contributed by atoms with Gasteiger partial charge in [-0.25, -0.2) is 0 Å². The normalized spacial score (nSPS) is 10.3. The fraction of sp³-hybridized carbons (Fsp3) is 0.231. The Morgan fingerprint density at radius 3 is 2.89 bits per heavy atom. The smallest absolute Gasteiger partial charge is 0.128 e. The van der Waals surface area contributed by atoms with Crippen LogP contribution in [0.1, 0.15) is 23.8 Å². The summed E-state index contributed by atoms with van der Waals surface area (Å²) in [6.45, 7) is 2.63. The fourth-order valence-electron chi connectivity index (χ4n) is 1.58. The van der Waals surface area contributed by atoms with Crippen LogP contribution in [0.2, 0.25) is 0 Å². The lowest BCUT2D eigenvalue weighted by Crippen LogP contribution is -2.22. The topological polar surface area (TPSA) is 78.0 Å². The zero-order valence-corrected chi connectivity index (χ0v) is 9.97. The maximum absolute atomic E-state index is 10.7. The SMILES string of the molecule is CCCOc1ccccc1-c1cc(C(=O)[O-])[nH]n1. The lowest BCUT2D eigenvalue weighted by Gasteiger charge is -2.08. The summed E-state index contributed by atoms with van der Waals surface area (Å²) in [6, 6.07) is 8.81. The van der Waals surface area contributed by atoms with Crippen LogP contribution in [-0.4, -0.2) is 22.8 Å². The van der Waals surface area contributed by atoms with Crippen molar-refractivity contribution in [3.63, 3.8) is 0 Å². The van der Waals surface area contributed by atoms with Crippen LogP contribution in [0.15, 0.2) is 30.3 Å². The first kappa shape index (κ1) is 12.2. The summed E-state index contributed by atoms with van der Waals surface area (Å²) >= 11 is 0. The van der Waals surface area contributed by atoms with Crippen LogP contribution >= 0.6 is 0 Å². The van der Waals surface area contributed by atoms with Crippen molar-refractivity contribution < 1.29 is 14.6 Å². The zero-order chi connectivity index (χ0) is 13.0. The van der Waals surface area contributed by atoms with Crippen molar-refractivity contribution in [3.05, 3.63) is 36.0 Å². The molecule has 0 radical (unpaired) electrons. The van der Waals surface area contributed by atoms with Gasteiger partial charge < -0.3 is 14.6 Å². The van der Waals surface area contributed by atoms with E-state index in [4.69, 9.17) is 4.74 Å². The number of benzene rings is 1. The van der Waals surface area contributed by atoms with Crippen LogP contribution in [-0.2, 0) is 0 Å². The van der Waals surface area contributed by atoms with Gasteiger partial charge in [0.1, 0.15) is 5.75 Å². The minimum atomic E-state index is -1.28. The highest BCUT2D eigenvalue weighted by Gasteiger charge is 2.09. The van der Waals surface area contributed by atoms with Gasteiger partial charge in [-0.1, -0.05) is 19.1 Å². The molecule has 0 saturated carbocycles. The number of carboxylic acid groups (broad SMARTS) is 1. The first-order valence-electron chi connectivity index (χ1n) is 5.71. The standard InChI is InChI=1S/C13H14N2O3/c1-2-7-18-12-6-4-3-5-9(12)10-8-11(13(16)17)15-14-10/h3-6,8H,2,7H2,1H3,(H,14,15)(H,16,17)/p-1. The van der Waals surface area contributed by atoms with Crippen LogP contribution in [0.5, 0.6) is 5.75 Å². The lowest BCUT2D eigenvalue weighted by atomic mass is 10.1. The number of ether oxygens (including phenoxy) is 1. The second kappa shape index (κ2) is 5.35. The fourth-order valence-corrected chi connectivity index (χ4v) is 1.58. The van der Waals surface area contributed by atoms with Gasteiger partial charge in [0.15, 0.2) is 0 Å². The number of rotatable bonds is 5. The van der Waals surface area contributed by atoms with Gasteiger partial charge in [0.05, 0.1) is 24.0 Å². The molecular formula is C13H13N2O3-. The van der Waals surface area contributed by atoms with Crippen LogP contribution < -0.4 is 9.84 Å². The van der Waals surface area contributed by atoms with E-state index >= 15 is 0 Å². The quantitative estimate of drug-likeness (QED) is 0.859. The molecule has 5 nitrogen and oxygen atoms in total. The molecule has 18 heavy (non-hydrogen) atoms. The number of hydrogen-bond donors (Lipinski definition) is 1. The summed E-state index contributed by atoms with van der Waals surface area (Å²) in [5, 5.41) is 17.1. The number of H-pyrrole nitrogens is 1. The van der Waals surface area contributed by atoms with Gasteiger partial charge in [0.25, 0.3) is 0 Å².